The highest BCUT2D eigenvalue weighted by Gasteiger charge is 2.41. The molecule has 1 aliphatic carbocycles. The summed E-state index contributed by atoms with van der Waals surface area (Å²) in [4.78, 5) is 1.96. The van der Waals surface area contributed by atoms with Gasteiger partial charge in [-0.3, -0.25) is 4.90 Å². The van der Waals surface area contributed by atoms with Gasteiger partial charge in [0.05, 0.1) is 18.8 Å². The van der Waals surface area contributed by atoms with E-state index in [4.69, 9.17) is 0 Å². The van der Waals surface area contributed by atoms with E-state index < -0.39 is 24.4 Å². The first-order valence-corrected chi connectivity index (χ1v) is 8.33. The van der Waals surface area contributed by atoms with Crippen LogP contribution < -0.4 is 0 Å². The third-order valence-electron chi connectivity index (χ3n) is 5.54. The van der Waals surface area contributed by atoms with Gasteiger partial charge in [0.15, 0.2) is 0 Å². The Morgan fingerprint density at radius 2 is 1.62 bits per heavy atom. The molecule has 1 saturated carbocycles. The Morgan fingerprint density at radius 1 is 1.00 bits per heavy atom. The Hall–Kier alpha value is -0.200. The molecule has 0 unspecified atom stereocenters. The lowest BCUT2D eigenvalue weighted by Gasteiger charge is -2.45. The maximum absolute atomic E-state index is 10.0. The number of likely N-dealkylation sites (tertiary alicyclic amines) is 1. The monoisotopic (exact) mass is 301 g/mol. The molecular formula is C16H31NO4. The van der Waals surface area contributed by atoms with Crippen molar-refractivity contribution >= 4 is 0 Å². The molecule has 5 nitrogen and oxygen atoms in total. The van der Waals surface area contributed by atoms with E-state index in [2.05, 4.69) is 13.8 Å². The van der Waals surface area contributed by atoms with E-state index in [0.717, 1.165) is 18.4 Å². The van der Waals surface area contributed by atoms with Crippen LogP contribution in [0.3, 0.4) is 0 Å². The molecule has 0 radical (unpaired) electrons. The van der Waals surface area contributed by atoms with E-state index in [9.17, 15) is 20.4 Å². The first-order chi connectivity index (χ1) is 9.93. The van der Waals surface area contributed by atoms with Gasteiger partial charge in [-0.15, -0.1) is 0 Å². The molecule has 0 spiro atoms. The minimum absolute atomic E-state index is 0.188. The van der Waals surface area contributed by atoms with E-state index >= 15 is 0 Å². The Kier molecular flexibility index (Phi) is 6.03. The van der Waals surface area contributed by atoms with Crippen molar-refractivity contribution in [2.24, 2.45) is 17.8 Å². The molecule has 0 aromatic heterocycles. The van der Waals surface area contributed by atoms with Crippen molar-refractivity contribution in [1.82, 2.24) is 4.90 Å². The van der Waals surface area contributed by atoms with Gasteiger partial charge >= 0.3 is 0 Å². The quantitative estimate of drug-likeness (QED) is 0.596. The van der Waals surface area contributed by atoms with Gasteiger partial charge in [0.25, 0.3) is 0 Å². The lowest BCUT2D eigenvalue weighted by Crippen LogP contribution is -2.63. The summed E-state index contributed by atoms with van der Waals surface area (Å²) in [6.45, 7) is 5.49. The summed E-state index contributed by atoms with van der Waals surface area (Å²) in [5.74, 6) is 2.11. The van der Waals surface area contributed by atoms with Gasteiger partial charge in [-0.05, 0) is 43.4 Å². The first-order valence-electron chi connectivity index (χ1n) is 8.33. The topological polar surface area (TPSA) is 84.2 Å². The molecule has 4 N–H and O–H groups in total. The standard InChI is InChI=1S/C16H31NO4/c1-10(2)12-5-3-11(4-6-12)7-17-8-14(19)16(21)15(20)13(17)9-18/h10-16,18-21H,3-9H2,1-2H3/t11?,12?,13-,14-,15+,16+/m0/s1. The molecule has 0 aromatic carbocycles. The number of aliphatic hydroxyl groups excluding tert-OH is 4. The van der Waals surface area contributed by atoms with Crippen LogP contribution in [0.4, 0.5) is 0 Å². The minimum Gasteiger partial charge on any atom is -0.395 e. The summed E-state index contributed by atoms with van der Waals surface area (Å²) >= 11 is 0. The Morgan fingerprint density at radius 3 is 2.14 bits per heavy atom. The zero-order valence-electron chi connectivity index (χ0n) is 13.2. The minimum atomic E-state index is -1.16. The summed E-state index contributed by atoms with van der Waals surface area (Å²) in [7, 11) is 0. The average Bonchev–Trinajstić information content (AvgIpc) is 2.46. The SMILES string of the molecule is CC(C)C1CCC(CN2C[C@H](O)[C@@H](O)[C@H](O)[C@@H]2CO)CC1. The van der Waals surface area contributed by atoms with Crippen LogP contribution in [0.1, 0.15) is 39.5 Å². The maximum atomic E-state index is 10.0. The zero-order valence-corrected chi connectivity index (χ0v) is 13.2. The summed E-state index contributed by atoms with van der Waals surface area (Å²) in [5, 5.41) is 39.1. The molecule has 2 fully saturated rings. The lowest BCUT2D eigenvalue weighted by molar-refractivity contribution is -0.148. The van der Waals surface area contributed by atoms with E-state index in [1.807, 2.05) is 4.90 Å². The normalized spacial score (nSPS) is 42.4. The van der Waals surface area contributed by atoms with Crippen LogP contribution in [-0.2, 0) is 0 Å². The van der Waals surface area contributed by atoms with Crippen LogP contribution in [0.2, 0.25) is 0 Å². The number of β-amino-alcohol motifs (C(OH)–C–C–N with tert-alkyl or cyclic N) is 1. The highest BCUT2D eigenvalue weighted by atomic mass is 16.4. The van der Waals surface area contributed by atoms with Crippen LogP contribution in [0.5, 0.6) is 0 Å². The van der Waals surface area contributed by atoms with Gasteiger partial charge in [-0.25, -0.2) is 0 Å². The third-order valence-corrected chi connectivity index (χ3v) is 5.54. The van der Waals surface area contributed by atoms with Gasteiger partial charge in [0, 0.05) is 13.1 Å². The van der Waals surface area contributed by atoms with Crippen LogP contribution in [0.25, 0.3) is 0 Å². The van der Waals surface area contributed by atoms with Gasteiger partial charge in [0.2, 0.25) is 0 Å². The molecule has 1 aliphatic heterocycles. The fraction of sp³-hybridized carbons (Fsp3) is 1.00. The van der Waals surface area contributed by atoms with Crippen LogP contribution in [0, 0.1) is 17.8 Å². The van der Waals surface area contributed by atoms with Crippen molar-refractivity contribution in [1.29, 1.82) is 0 Å². The molecule has 1 heterocycles. The van der Waals surface area contributed by atoms with Crippen LogP contribution >= 0.6 is 0 Å². The number of piperidine rings is 1. The second-order valence-electron chi connectivity index (χ2n) is 7.28. The molecule has 2 aliphatic rings. The smallest absolute Gasteiger partial charge is 0.109 e. The molecule has 2 rings (SSSR count). The molecule has 0 amide bonds. The summed E-state index contributed by atoms with van der Waals surface area (Å²) in [6.07, 6.45) is 1.66. The number of aliphatic hydroxyl groups is 4. The highest BCUT2D eigenvalue weighted by Crippen LogP contribution is 2.34. The third kappa shape index (κ3) is 3.96. The van der Waals surface area contributed by atoms with Crippen molar-refractivity contribution in [2.75, 3.05) is 19.7 Å². The average molecular weight is 301 g/mol. The molecule has 0 bridgehead atoms. The van der Waals surface area contributed by atoms with Gasteiger partial charge < -0.3 is 20.4 Å². The van der Waals surface area contributed by atoms with Gasteiger partial charge in [-0.1, -0.05) is 13.8 Å². The molecule has 4 atom stereocenters. The summed E-state index contributed by atoms with van der Waals surface area (Å²) < 4.78 is 0. The highest BCUT2D eigenvalue weighted by molar-refractivity contribution is 4.95. The molecule has 124 valence electrons. The number of hydrogen-bond acceptors (Lipinski definition) is 5. The largest absolute Gasteiger partial charge is 0.395 e. The van der Waals surface area contributed by atoms with Crippen LogP contribution in [0.15, 0.2) is 0 Å². The summed E-state index contributed by atoms with van der Waals surface area (Å²) in [6, 6.07) is -0.466. The van der Waals surface area contributed by atoms with Crippen molar-refractivity contribution < 1.29 is 20.4 Å². The number of hydrogen-bond donors (Lipinski definition) is 4. The zero-order chi connectivity index (χ0) is 15.6. The maximum Gasteiger partial charge on any atom is 0.109 e. The van der Waals surface area contributed by atoms with Crippen molar-refractivity contribution in [2.45, 2.75) is 63.9 Å². The van der Waals surface area contributed by atoms with Crippen LogP contribution in [-0.4, -0.2) is 69.4 Å². The number of nitrogens with zero attached hydrogens (tertiary/aromatic N) is 1. The molecule has 0 aromatic rings. The Labute approximate surface area is 127 Å². The summed E-state index contributed by atoms with van der Waals surface area (Å²) in [5.41, 5.74) is 0. The molecule has 21 heavy (non-hydrogen) atoms. The molecular weight excluding hydrogens is 270 g/mol. The predicted octanol–water partition coefficient (Wildman–Crippen LogP) is 0.208. The van der Waals surface area contributed by atoms with E-state index in [0.29, 0.717) is 12.5 Å². The Balaban J connectivity index is 1.89. The molecule has 1 saturated heterocycles. The van der Waals surface area contributed by atoms with Gasteiger partial charge in [-0.2, -0.15) is 0 Å². The fourth-order valence-electron chi connectivity index (χ4n) is 3.96. The second-order valence-corrected chi connectivity index (χ2v) is 7.28. The van der Waals surface area contributed by atoms with Crippen molar-refractivity contribution in [3.63, 3.8) is 0 Å². The fourth-order valence-corrected chi connectivity index (χ4v) is 3.96. The predicted molar refractivity (Wildman–Crippen MR) is 80.8 cm³/mol. The van der Waals surface area contributed by atoms with Gasteiger partial charge in [0.1, 0.15) is 12.2 Å². The van der Waals surface area contributed by atoms with E-state index in [-0.39, 0.29) is 6.61 Å². The second kappa shape index (κ2) is 7.38. The first kappa shape index (κ1) is 17.2. The van der Waals surface area contributed by atoms with E-state index in [1.54, 1.807) is 0 Å². The van der Waals surface area contributed by atoms with E-state index in [1.165, 1.54) is 25.7 Å². The van der Waals surface area contributed by atoms with Crippen molar-refractivity contribution in [3.8, 4) is 0 Å². The lowest BCUT2D eigenvalue weighted by atomic mass is 9.76. The Bertz CT molecular complexity index is 317. The molecule has 5 heteroatoms. The van der Waals surface area contributed by atoms with Crippen molar-refractivity contribution in [3.05, 3.63) is 0 Å². The number of rotatable bonds is 4.